The predicted molar refractivity (Wildman–Crippen MR) is 68.2 cm³/mol. The summed E-state index contributed by atoms with van der Waals surface area (Å²) in [5, 5.41) is 8.89. The number of ether oxygens (including phenoxy) is 1. The topological polar surface area (TPSA) is 49.8 Å². The molecule has 0 spiro atoms. The molecule has 1 saturated carbocycles. The second kappa shape index (κ2) is 5.98. The lowest BCUT2D eigenvalue weighted by Gasteiger charge is -2.19. The van der Waals surface area contributed by atoms with Crippen molar-refractivity contribution in [1.82, 2.24) is 4.90 Å². The van der Waals surface area contributed by atoms with E-state index in [1.807, 2.05) is 29.2 Å². The van der Waals surface area contributed by atoms with Gasteiger partial charge in [-0.05, 0) is 24.0 Å². The van der Waals surface area contributed by atoms with Crippen LogP contribution in [0.5, 0.6) is 0 Å². The predicted octanol–water partition coefficient (Wildman–Crippen LogP) is 1.88. The number of carboxylic acid groups (broad SMARTS) is 1. The Bertz CT molecular complexity index is 398. The van der Waals surface area contributed by atoms with Gasteiger partial charge in [-0.1, -0.05) is 24.3 Å². The van der Waals surface area contributed by atoms with Gasteiger partial charge in [0.2, 0.25) is 0 Å². The van der Waals surface area contributed by atoms with E-state index in [1.165, 1.54) is 0 Å². The van der Waals surface area contributed by atoms with Gasteiger partial charge < -0.3 is 9.84 Å². The number of aliphatic carboxylic acids is 1. The molecule has 1 aromatic rings. The number of carbonyl (C=O) groups is 1. The summed E-state index contributed by atoms with van der Waals surface area (Å²) < 4.78 is 5.06. The van der Waals surface area contributed by atoms with E-state index in [0.717, 1.165) is 24.0 Å². The zero-order valence-corrected chi connectivity index (χ0v) is 10.6. The normalized spacial score (nSPS) is 15.0. The number of hydrogen-bond acceptors (Lipinski definition) is 3. The quantitative estimate of drug-likeness (QED) is 0.801. The zero-order chi connectivity index (χ0) is 13.0. The van der Waals surface area contributed by atoms with E-state index in [9.17, 15) is 4.79 Å². The number of hydrogen-bond donors (Lipinski definition) is 1. The highest BCUT2D eigenvalue weighted by molar-refractivity contribution is 5.69. The van der Waals surface area contributed by atoms with Crippen molar-refractivity contribution in [2.75, 3.05) is 13.7 Å². The van der Waals surface area contributed by atoms with Gasteiger partial charge in [0.15, 0.2) is 0 Å². The zero-order valence-electron chi connectivity index (χ0n) is 10.6. The van der Waals surface area contributed by atoms with Gasteiger partial charge in [-0.25, -0.2) is 0 Å². The van der Waals surface area contributed by atoms with Crippen LogP contribution in [0.25, 0.3) is 0 Å². The molecular weight excluding hydrogens is 230 g/mol. The molecule has 0 unspecified atom stereocenters. The van der Waals surface area contributed by atoms with Crippen LogP contribution < -0.4 is 0 Å². The van der Waals surface area contributed by atoms with E-state index in [4.69, 9.17) is 9.84 Å². The Morgan fingerprint density at radius 3 is 2.44 bits per heavy atom. The van der Waals surface area contributed by atoms with Crippen LogP contribution in [0.3, 0.4) is 0 Å². The highest BCUT2D eigenvalue weighted by atomic mass is 16.5. The van der Waals surface area contributed by atoms with Gasteiger partial charge >= 0.3 is 5.97 Å². The maximum absolute atomic E-state index is 10.8. The second-order valence-corrected chi connectivity index (χ2v) is 4.78. The van der Waals surface area contributed by atoms with E-state index < -0.39 is 5.97 Å². The number of carboxylic acids is 1. The summed E-state index contributed by atoms with van der Waals surface area (Å²) in [5.41, 5.74) is 2.29. The largest absolute Gasteiger partial charge is 0.480 e. The molecule has 18 heavy (non-hydrogen) atoms. The lowest BCUT2D eigenvalue weighted by molar-refractivity contribution is -0.138. The Morgan fingerprint density at radius 2 is 1.94 bits per heavy atom. The van der Waals surface area contributed by atoms with Crippen molar-refractivity contribution < 1.29 is 14.6 Å². The Kier molecular flexibility index (Phi) is 4.33. The molecule has 98 valence electrons. The molecule has 1 aliphatic carbocycles. The van der Waals surface area contributed by atoms with Crippen LogP contribution in [0.15, 0.2) is 24.3 Å². The Balaban J connectivity index is 1.95. The first-order valence-corrected chi connectivity index (χ1v) is 6.21. The van der Waals surface area contributed by atoms with Crippen molar-refractivity contribution >= 4 is 5.97 Å². The molecule has 1 aromatic carbocycles. The maximum Gasteiger partial charge on any atom is 0.317 e. The van der Waals surface area contributed by atoms with Crippen molar-refractivity contribution in [2.45, 2.75) is 32.0 Å². The standard InChI is InChI=1S/C14H19NO3/c1-18-10-12-4-2-11(3-5-12)8-15(9-14(16)17)13-6-7-13/h2-5,13H,6-10H2,1H3,(H,16,17). The van der Waals surface area contributed by atoms with Gasteiger partial charge in [0, 0.05) is 19.7 Å². The van der Waals surface area contributed by atoms with Crippen molar-refractivity contribution in [3.8, 4) is 0 Å². The molecule has 4 nitrogen and oxygen atoms in total. The van der Waals surface area contributed by atoms with Crippen LogP contribution in [0.1, 0.15) is 24.0 Å². The van der Waals surface area contributed by atoms with E-state index in [0.29, 0.717) is 19.2 Å². The first-order valence-electron chi connectivity index (χ1n) is 6.21. The summed E-state index contributed by atoms with van der Waals surface area (Å²) in [7, 11) is 1.68. The summed E-state index contributed by atoms with van der Waals surface area (Å²) in [6.45, 7) is 1.45. The molecule has 0 aliphatic heterocycles. The Morgan fingerprint density at radius 1 is 1.33 bits per heavy atom. The minimum Gasteiger partial charge on any atom is -0.480 e. The van der Waals surface area contributed by atoms with Crippen LogP contribution in [-0.2, 0) is 22.7 Å². The Hall–Kier alpha value is -1.39. The first kappa shape index (κ1) is 13.1. The van der Waals surface area contributed by atoms with Crippen LogP contribution in [-0.4, -0.2) is 35.7 Å². The van der Waals surface area contributed by atoms with Gasteiger partial charge in [-0.15, -0.1) is 0 Å². The summed E-state index contributed by atoms with van der Waals surface area (Å²) >= 11 is 0. The molecule has 1 N–H and O–H groups in total. The fourth-order valence-electron chi connectivity index (χ4n) is 2.07. The molecule has 1 fully saturated rings. The van der Waals surface area contributed by atoms with Gasteiger partial charge in [-0.2, -0.15) is 0 Å². The summed E-state index contributed by atoms with van der Waals surface area (Å²) in [5.74, 6) is -0.752. The third-order valence-electron chi connectivity index (χ3n) is 3.12. The number of benzene rings is 1. The van der Waals surface area contributed by atoms with Crippen molar-refractivity contribution in [3.05, 3.63) is 35.4 Å². The fraction of sp³-hybridized carbons (Fsp3) is 0.500. The third kappa shape index (κ3) is 3.82. The molecule has 0 saturated heterocycles. The lowest BCUT2D eigenvalue weighted by atomic mass is 10.1. The maximum atomic E-state index is 10.8. The fourth-order valence-corrected chi connectivity index (χ4v) is 2.07. The van der Waals surface area contributed by atoms with Gasteiger partial charge in [0.05, 0.1) is 13.2 Å². The van der Waals surface area contributed by atoms with Crippen LogP contribution in [0.2, 0.25) is 0 Å². The SMILES string of the molecule is COCc1ccc(CN(CC(=O)O)C2CC2)cc1. The molecule has 2 rings (SSSR count). The minimum absolute atomic E-state index is 0.129. The second-order valence-electron chi connectivity index (χ2n) is 4.78. The number of methoxy groups -OCH3 is 1. The van der Waals surface area contributed by atoms with E-state index >= 15 is 0 Å². The Labute approximate surface area is 107 Å². The van der Waals surface area contributed by atoms with E-state index in [2.05, 4.69) is 0 Å². The van der Waals surface area contributed by atoms with Crippen molar-refractivity contribution in [1.29, 1.82) is 0 Å². The van der Waals surface area contributed by atoms with Gasteiger partial charge in [0.25, 0.3) is 0 Å². The molecule has 0 heterocycles. The molecule has 0 bridgehead atoms. The van der Waals surface area contributed by atoms with Crippen LogP contribution >= 0.6 is 0 Å². The molecule has 0 radical (unpaired) electrons. The number of rotatable bonds is 7. The van der Waals surface area contributed by atoms with Gasteiger partial charge in [-0.3, -0.25) is 9.69 Å². The van der Waals surface area contributed by atoms with Gasteiger partial charge in [0.1, 0.15) is 0 Å². The molecule has 0 aromatic heterocycles. The summed E-state index contributed by atoms with van der Waals surface area (Å²) in [6, 6.07) is 8.62. The molecular formula is C14H19NO3. The van der Waals surface area contributed by atoms with E-state index in [-0.39, 0.29) is 6.54 Å². The van der Waals surface area contributed by atoms with Crippen LogP contribution in [0, 0.1) is 0 Å². The smallest absolute Gasteiger partial charge is 0.317 e. The summed E-state index contributed by atoms with van der Waals surface area (Å²) in [4.78, 5) is 12.8. The molecule has 0 amide bonds. The van der Waals surface area contributed by atoms with E-state index in [1.54, 1.807) is 7.11 Å². The molecule has 1 aliphatic rings. The minimum atomic E-state index is -0.752. The monoisotopic (exact) mass is 249 g/mol. The molecule has 4 heteroatoms. The first-order chi connectivity index (χ1) is 8.69. The highest BCUT2D eigenvalue weighted by Gasteiger charge is 2.30. The van der Waals surface area contributed by atoms with Crippen LogP contribution in [0.4, 0.5) is 0 Å². The average molecular weight is 249 g/mol. The van der Waals surface area contributed by atoms with Crippen molar-refractivity contribution in [2.24, 2.45) is 0 Å². The van der Waals surface area contributed by atoms with Crippen molar-refractivity contribution in [3.63, 3.8) is 0 Å². The molecule has 0 atom stereocenters. The average Bonchev–Trinajstić information content (AvgIpc) is 3.14. The highest BCUT2D eigenvalue weighted by Crippen LogP contribution is 2.28. The summed E-state index contributed by atoms with van der Waals surface area (Å²) in [6.07, 6.45) is 2.24. The number of nitrogens with zero attached hydrogens (tertiary/aromatic N) is 1. The third-order valence-corrected chi connectivity index (χ3v) is 3.12. The lowest BCUT2D eigenvalue weighted by Crippen LogP contribution is -2.31.